The molecule has 0 spiro atoms. The van der Waals surface area contributed by atoms with Crippen molar-refractivity contribution in [1.29, 1.82) is 0 Å². The molecule has 126 valence electrons. The highest BCUT2D eigenvalue weighted by Gasteiger charge is 2.02. The van der Waals surface area contributed by atoms with Crippen molar-refractivity contribution in [2.24, 2.45) is 10.2 Å². The molecule has 1 aromatic heterocycles. The standard InChI is InChI=1S/C17H13BrClN5O/c18-12-3-7-14(8-4-12)24-23-13-5-1-11(2-6-13)10-25-16-9-15(19)21-17(20)22-16/h1-9H,10H2,(H2,20,21,22). The highest BCUT2D eigenvalue weighted by atomic mass is 79.9. The van der Waals surface area contributed by atoms with Crippen molar-refractivity contribution < 1.29 is 4.74 Å². The van der Waals surface area contributed by atoms with Gasteiger partial charge in [0.15, 0.2) is 0 Å². The maximum absolute atomic E-state index is 5.81. The molecule has 6 nitrogen and oxygen atoms in total. The zero-order valence-electron chi connectivity index (χ0n) is 12.9. The lowest BCUT2D eigenvalue weighted by atomic mass is 10.2. The minimum Gasteiger partial charge on any atom is -0.473 e. The fraction of sp³-hybridized carbons (Fsp3) is 0.0588. The van der Waals surface area contributed by atoms with Crippen molar-refractivity contribution in [2.75, 3.05) is 5.73 Å². The third-order valence-electron chi connectivity index (χ3n) is 3.12. The van der Waals surface area contributed by atoms with Crippen LogP contribution >= 0.6 is 27.5 Å². The van der Waals surface area contributed by atoms with Gasteiger partial charge in [0.25, 0.3) is 0 Å². The molecule has 3 aromatic rings. The molecule has 0 aliphatic heterocycles. The first-order chi connectivity index (χ1) is 12.1. The minimum atomic E-state index is 0.0752. The molecule has 0 radical (unpaired) electrons. The zero-order chi connectivity index (χ0) is 17.6. The first-order valence-electron chi connectivity index (χ1n) is 7.27. The van der Waals surface area contributed by atoms with Crippen LogP contribution in [0.25, 0.3) is 0 Å². The van der Waals surface area contributed by atoms with Crippen molar-refractivity contribution in [3.8, 4) is 5.88 Å². The lowest BCUT2D eigenvalue weighted by molar-refractivity contribution is 0.294. The van der Waals surface area contributed by atoms with E-state index in [0.29, 0.717) is 12.5 Å². The van der Waals surface area contributed by atoms with Gasteiger partial charge in [-0.05, 0) is 42.0 Å². The van der Waals surface area contributed by atoms with E-state index in [9.17, 15) is 0 Å². The summed E-state index contributed by atoms with van der Waals surface area (Å²) in [5.41, 5.74) is 8.02. The molecule has 0 fully saturated rings. The highest BCUT2D eigenvalue weighted by Crippen LogP contribution is 2.21. The number of hydrogen-bond donors (Lipinski definition) is 1. The summed E-state index contributed by atoms with van der Waals surface area (Å²) in [5.74, 6) is 0.405. The van der Waals surface area contributed by atoms with Crippen molar-refractivity contribution in [2.45, 2.75) is 6.61 Å². The number of aromatic nitrogens is 2. The van der Waals surface area contributed by atoms with E-state index in [1.54, 1.807) is 0 Å². The van der Waals surface area contributed by atoms with Crippen molar-refractivity contribution in [3.63, 3.8) is 0 Å². The van der Waals surface area contributed by atoms with Crippen LogP contribution in [0.15, 0.2) is 69.3 Å². The van der Waals surface area contributed by atoms with Gasteiger partial charge < -0.3 is 10.5 Å². The van der Waals surface area contributed by atoms with E-state index in [4.69, 9.17) is 22.1 Å². The summed E-state index contributed by atoms with van der Waals surface area (Å²) < 4.78 is 6.56. The lowest BCUT2D eigenvalue weighted by Crippen LogP contribution is -2.01. The fourth-order valence-corrected chi connectivity index (χ4v) is 2.37. The van der Waals surface area contributed by atoms with E-state index in [1.165, 1.54) is 6.07 Å². The Hall–Kier alpha value is -2.51. The molecular weight excluding hydrogens is 406 g/mol. The Bertz CT molecular complexity index is 864. The van der Waals surface area contributed by atoms with Gasteiger partial charge in [0, 0.05) is 10.5 Å². The van der Waals surface area contributed by atoms with Gasteiger partial charge in [0.05, 0.1) is 11.4 Å². The average molecular weight is 419 g/mol. The summed E-state index contributed by atoms with van der Waals surface area (Å²) in [4.78, 5) is 7.74. The maximum atomic E-state index is 5.81. The van der Waals surface area contributed by atoms with Crippen molar-refractivity contribution >= 4 is 44.9 Å². The summed E-state index contributed by atoms with van der Waals surface area (Å²) in [6.07, 6.45) is 0. The van der Waals surface area contributed by atoms with Crippen molar-refractivity contribution in [1.82, 2.24) is 9.97 Å². The minimum absolute atomic E-state index is 0.0752. The maximum Gasteiger partial charge on any atom is 0.224 e. The van der Waals surface area contributed by atoms with Gasteiger partial charge in [-0.1, -0.05) is 39.7 Å². The predicted molar refractivity (Wildman–Crippen MR) is 101 cm³/mol. The number of anilines is 1. The van der Waals surface area contributed by atoms with E-state index >= 15 is 0 Å². The summed E-state index contributed by atoms with van der Waals surface area (Å²) in [6.45, 7) is 0.330. The number of nitrogen functional groups attached to an aromatic ring is 1. The molecule has 0 aliphatic rings. The average Bonchev–Trinajstić information content (AvgIpc) is 2.60. The molecular formula is C17H13BrClN5O. The van der Waals surface area contributed by atoms with Gasteiger partial charge in [-0.15, -0.1) is 0 Å². The first-order valence-corrected chi connectivity index (χ1v) is 8.45. The van der Waals surface area contributed by atoms with Gasteiger partial charge in [0.2, 0.25) is 11.8 Å². The molecule has 2 aromatic carbocycles. The molecule has 0 bridgehead atoms. The number of azo groups is 1. The highest BCUT2D eigenvalue weighted by molar-refractivity contribution is 9.10. The number of halogens is 2. The topological polar surface area (TPSA) is 85.8 Å². The molecule has 0 saturated heterocycles. The van der Waals surface area contributed by atoms with Crippen LogP contribution in [0, 0.1) is 0 Å². The van der Waals surface area contributed by atoms with Crippen molar-refractivity contribution in [3.05, 3.63) is 69.8 Å². The van der Waals surface area contributed by atoms with Gasteiger partial charge >= 0.3 is 0 Å². The summed E-state index contributed by atoms with van der Waals surface area (Å²) in [6, 6.07) is 16.7. The lowest BCUT2D eigenvalue weighted by Gasteiger charge is -2.06. The molecule has 0 aliphatic carbocycles. The van der Waals surface area contributed by atoms with Crippen LogP contribution in [-0.4, -0.2) is 9.97 Å². The molecule has 0 unspecified atom stereocenters. The predicted octanol–water partition coefficient (Wildman–Crippen LogP) is 5.47. The molecule has 0 saturated carbocycles. The van der Waals surface area contributed by atoms with Gasteiger partial charge in [0.1, 0.15) is 11.8 Å². The number of nitrogens with two attached hydrogens (primary N) is 1. The van der Waals surface area contributed by atoms with Crippen LogP contribution in [-0.2, 0) is 6.61 Å². The summed E-state index contributed by atoms with van der Waals surface area (Å²) in [5, 5.41) is 8.63. The number of rotatable bonds is 5. The Morgan fingerprint density at radius 2 is 1.56 bits per heavy atom. The van der Waals surface area contributed by atoms with Crippen LogP contribution < -0.4 is 10.5 Å². The zero-order valence-corrected chi connectivity index (χ0v) is 15.3. The quantitative estimate of drug-likeness (QED) is 0.440. The molecule has 2 N–H and O–H groups in total. The third-order valence-corrected chi connectivity index (χ3v) is 3.84. The molecule has 3 rings (SSSR count). The fourth-order valence-electron chi connectivity index (χ4n) is 1.93. The van der Waals surface area contributed by atoms with Crippen LogP contribution in [0.2, 0.25) is 5.15 Å². The SMILES string of the molecule is Nc1nc(Cl)cc(OCc2ccc(N=Nc3ccc(Br)cc3)cc2)n1. The third kappa shape index (κ3) is 5.23. The molecule has 8 heteroatoms. The van der Waals surface area contributed by atoms with Crippen LogP contribution in [0.5, 0.6) is 5.88 Å². The summed E-state index contributed by atoms with van der Waals surface area (Å²) >= 11 is 9.19. The Morgan fingerprint density at radius 1 is 0.960 bits per heavy atom. The normalized spacial score (nSPS) is 11.0. The molecule has 25 heavy (non-hydrogen) atoms. The molecule has 0 atom stereocenters. The Kier molecular flexibility index (Phi) is 5.57. The second kappa shape index (κ2) is 8.04. The van der Waals surface area contributed by atoms with Gasteiger partial charge in [-0.3, -0.25) is 0 Å². The molecule has 1 heterocycles. The van der Waals surface area contributed by atoms with E-state index in [0.717, 1.165) is 21.4 Å². The first kappa shape index (κ1) is 17.3. The van der Waals surface area contributed by atoms with Crippen LogP contribution in [0.3, 0.4) is 0 Å². The van der Waals surface area contributed by atoms with E-state index < -0.39 is 0 Å². The Labute approximate surface area is 157 Å². The van der Waals surface area contributed by atoms with E-state index in [1.807, 2.05) is 48.5 Å². The monoisotopic (exact) mass is 417 g/mol. The summed E-state index contributed by atoms with van der Waals surface area (Å²) in [7, 11) is 0. The van der Waals surface area contributed by atoms with Gasteiger partial charge in [-0.25, -0.2) is 4.98 Å². The van der Waals surface area contributed by atoms with Gasteiger partial charge in [-0.2, -0.15) is 15.2 Å². The number of nitrogens with zero attached hydrogens (tertiary/aromatic N) is 4. The number of ether oxygens (including phenoxy) is 1. The number of hydrogen-bond acceptors (Lipinski definition) is 6. The largest absolute Gasteiger partial charge is 0.473 e. The second-order valence-corrected chi connectivity index (χ2v) is 6.32. The van der Waals surface area contributed by atoms with E-state index in [-0.39, 0.29) is 11.1 Å². The number of benzene rings is 2. The Balaban J connectivity index is 1.61. The smallest absolute Gasteiger partial charge is 0.224 e. The van der Waals surface area contributed by atoms with E-state index in [2.05, 4.69) is 36.1 Å². The Morgan fingerprint density at radius 3 is 2.16 bits per heavy atom. The van der Waals surface area contributed by atoms with Crippen LogP contribution in [0.4, 0.5) is 17.3 Å². The molecule has 0 amide bonds. The van der Waals surface area contributed by atoms with Crippen LogP contribution in [0.1, 0.15) is 5.56 Å². The second-order valence-electron chi connectivity index (χ2n) is 5.02.